The van der Waals surface area contributed by atoms with E-state index in [0.717, 1.165) is 19.3 Å². The van der Waals surface area contributed by atoms with E-state index in [1.165, 1.54) is 0 Å². The van der Waals surface area contributed by atoms with Crippen molar-refractivity contribution in [2.45, 2.75) is 32.2 Å². The van der Waals surface area contributed by atoms with Crippen molar-refractivity contribution in [2.75, 3.05) is 32.1 Å². The standard InChI is InChI=1S/C16H23N5O2/c1-10-13(7-17-16(18-10)20(2)3)15(23)21-8-11-5-4-6-12(9-21)19-14(11)22/h7,11-12H,4-6,8-9H2,1-3H3,(H,19,22)/t11-,12-/m0/s1. The van der Waals surface area contributed by atoms with E-state index >= 15 is 0 Å². The molecule has 2 fully saturated rings. The Kier molecular flexibility index (Phi) is 4.19. The predicted octanol–water partition coefficient (Wildman–Crippen LogP) is 0.592. The minimum atomic E-state index is -0.103. The van der Waals surface area contributed by atoms with Crippen molar-refractivity contribution in [1.82, 2.24) is 20.2 Å². The Balaban J connectivity index is 1.84. The number of nitrogens with one attached hydrogen (secondary N) is 1. The second-order valence-corrected chi connectivity index (χ2v) is 6.61. The maximum Gasteiger partial charge on any atom is 0.257 e. The zero-order valence-corrected chi connectivity index (χ0v) is 13.9. The van der Waals surface area contributed by atoms with Gasteiger partial charge in [-0.05, 0) is 19.8 Å². The van der Waals surface area contributed by atoms with E-state index < -0.39 is 0 Å². The Labute approximate surface area is 136 Å². The van der Waals surface area contributed by atoms with Gasteiger partial charge in [-0.1, -0.05) is 6.42 Å². The first kappa shape index (κ1) is 15.7. The molecule has 1 aromatic heterocycles. The highest BCUT2D eigenvalue weighted by atomic mass is 16.2. The molecule has 0 unspecified atom stereocenters. The first-order valence-electron chi connectivity index (χ1n) is 8.06. The van der Waals surface area contributed by atoms with Crippen LogP contribution in [0.5, 0.6) is 0 Å². The van der Waals surface area contributed by atoms with Crippen molar-refractivity contribution in [1.29, 1.82) is 0 Å². The third kappa shape index (κ3) is 3.13. The van der Waals surface area contributed by atoms with E-state index in [-0.39, 0.29) is 23.8 Å². The minimum Gasteiger partial charge on any atom is -0.351 e. The number of amides is 2. The quantitative estimate of drug-likeness (QED) is 0.864. The molecule has 2 aliphatic heterocycles. The molecule has 3 heterocycles. The SMILES string of the molecule is Cc1nc(N(C)C)ncc1C(=O)N1C[C@@H]2CCC[C@@H](C1)C(=O)N2. The maximum atomic E-state index is 12.9. The third-order valence-corrected chi connectivity index (χ3v) is 4.59. The highest BCUT2D eigenvalue weighted by Crippen LogP contribution is 2.23. The number of anilines is 1. The van der Waals surface area contributed by atoms with E-state index in [1.807, 2.05) is 21.0 Å². The summed E-state index contributed by atoms with van der Waals surface area (Å²) in [5.74, 6) is 0.484. The van der Waals surface area contributed by atoms with Crippen LogP contribution in [0.3, 0.4) is 0 Å². The second kappa shape index (κ2) is 6.14. The average Bonchev–Trinajstić information content (AvgIpc) is 2.74. The van der Waals surface area contributed by atoms with Gasteiger partial charge >= 0.3 is 0 Å². The van der Waals surface area contributed by atoms with Crippen LogP contribution in [0.25, 0.3) is 0 Å². The van der Waals surface area contributed by atoms with Crippen LogP contribution in [0.1, 0.15) is 35.3 Å². The molecule has 23 heavy (non-hydrogen) atoms. The number of aryl methyl sites for hydroxylation is 1. The van der Waals surface area contributed by atoms with Gasteiger partial charge in [0.05, 0.1) is 17.2 Å². The Hall–Kier alpha value is -2.18. The van der Waals surface area contributed by atoms with Crippen molar-refractivity contribution >= 4 is 17.8 Å². The fraction of sp³-hybridized carbons (Fsp3) is 0.625. The van der Waals surface area contributed by atoms with Gasteiger partial charge in [-0.25, -0.2) is 9.97 Å². The Morgan fingerprint density at radius 3 is 2.83 bits per heavy atom. The molecule has 7 nitrogen and oxygen atoms in total. The molecule has 2 amide bonds. The summed E-state index contributed by atoms with van der Waals surface area (Å²) in [5.41, 5.74) is 1.19. The van der Waals surface area contributed by atoms with Gasteiger partial charge in [0, 0.05) is 39.4 Å². The fourth-order valence-electron chi connectivity index (χ4n) is 3.27. The van der Waals surface area contributed by atoms with Gasteiger partial charge in [0.2, 0.25) is 11.9 Å². The Morgan fingerprint density at radius 1 is 1.35 bits per heavy atom. The number of carbonyl (C=O) groups is 2. The van der Waals surface area contributed by atoms with Gasteiger partial charge < -0.3 is 15.1 Å². The normalized spacial score (nSPS) is 24.0. The molecule has 1 aromatic rings. The van der Waals surface area contributed by atoms with Gasteiger partial charge in [-0.3, -0.25) is 9.59 Å². The smallest absolute Gasteiger partial charge is 0.257 e. The van der Waals surface area contributed by atoms with Gasteiger partial charge in [-0.15, -0.1) is 0 Å². The lowest BCUT2D eigenvalue weighted by Gasteiger charge is -2.28. The van der Waals surface area contributed by atoms with Gasteiger partial charge in [0.25, 0.3) is 5.91 Å². The lowest BCUT2D eigenvalue weighted by molar-refractivity contribution is -0.124. The summed E-state index contributed by atoms with van der Waals surface area (Å²) >= 11 is 0. The van der Waals surface area contributed by atoms with E-state index in [9.17, 15) is 9.59 Å². The monoisotopic (exact) mass is 317 g/mol. The third-order valence-electron chi connectivity index (χ3n) is 4.59. The van der Waals surface area contributed by atoms with Gasteiger partial charge in [-0.2, -0.15) is 0 Å². The first-order valence-corrected chi connectivity index (χ1v) is 8.06. The summed E-state index contributed by atoms with van der Waals surface area (Å²) in [6.07, 6.45) is 4.41. The van der Waals surface area contributed by atoms with Gasteiger partial charge in [0.15, 0.2) is 0 Å². The largest absolute Gasteiger partial charge is 0.351 e. The number of hydrogen-bond donors (Lipinski definition) is 1. The van der Waals surface area contributed by atoms with Crippen LogP contribution in [-0.4, -0.2) is 59.9 Å². The number of nitrogens with zero attached hydrogens (tertiary/aromatic N) is 4. The molecular formula is C16H23N5O2. The minimum absolute atomic E-state index is 0.0567. The second-order valence-electron chi connectivity index (χ2n) is 6.61. The van der Waals surface area contributed by atoms with E-state index in [1.54, 1.807) is 16.0 Å². The van der Waals surface area contributed by atoms with Crippen molar-refractivity contribution in [3.63, 3.8) is 0 Å². The Morgan fingerprint density at radius 2 is 2.13 bits per heavy atom. The highest BCUT2D eigenvalue weighted by Gasteiger charge is 2.35. The molecule has 1 N–H and O–H groups in total. The fourth-order valence-corrected chi connectivity index (χ4v) is 3.27. The molecule has 0 aromatic carbocycles. The highest BCUT2D eigenvalue weighted by molar-refractivity contribution is 5.95. The van der Waals surface area contributed by atoms with E-state index in [0.29, 0.717) is 30.3 Å². The number of hydrogen-bond acceptors (Lipinski definition) is 5. The molecule has 0 saturated carbocycles. The van der Waals surface area contributed by atoms with Crippen LogP contribution < -0.4 is 10.2 Å². The summed E-state index contributed by atoms with van der Waals surface area (Å²) in [6, 6.07) is 0.0567. The number of aromatic nitrogens is 2. The van der Waals surface area contributed by atoms with E-state index in [2.05, 4.69) is 15.3 Å². The molecule has 7 heteroatoms. The molecule has 2 atom stereocenters. The van der Waals surface area contributed by atoms with Gasteiger partial charge in [0.1, 0.15) is 0 Å². The Bertz CT molecular complexity index is 631. The number of carbonyl (C=O) groups excluding carboxylic acids is 2. The molecule has 2 saturated heterocycles. The topological polar surface area (TPSA) is 78.4 Å². The zero-order chi connectivity index (χ0) is 16.6. The zero-order valence-electron chi connectivity index (χ0n) is 13.9. The molecule has 2 bridgehead atoms. The van der Waals surface area contributed by atoms with Crippen molar-refractivity contribution < 1.29 is 9.59 Å². The molecular weight excluding hydrogens is 294 g/mol. The van der Waals surface area contributed by atoms with Crippen LogP contribution >= 0.6 is 0 Å². The molecule has 0 aliphatic carbocycles. The summed E-state index contributed by atoms with van der Waals surface area (Å²) in [6.45, 7) is 2.87. The molecule has 2 aliphatic rings. The number of fused-ring (bicyclic) bond motifs is 3. The van der Waals surface area contributed by atoms with Crippen LogP contribution in [0.4, 0.5) is 5.95 Å². The summed E-state index contributed by atoms with van der Waals surface area (Å²) in [4.78, 5) is 37.2. The lowest BCUT2D eigenvalue weighted by atomic mass is 9.99. The molecule has 124 valence electrons. The molecule has 0 spiro atoms. The van der Waals surface area contributed by atoms with Crippen molar-refractivity contribution in [3.8, 4) is 0 Å². The van der Waals surface area contributed by atoms with Crippen LogP contribution in [-0.2, 0) is 4.79 Å². The average molecular weight is 317 g/mol. The maximum absolute atomic E-state index is 12.9. The van der Waals surface area contributed by atoms with Crippen LogP contribution in [0, 0.1) is 12.8 Å². The van der Waals surface area contributed by atoms with Crippen molar-refractivity contribution in [3.05, 3.63) is 17.5 Å². The summed E-state index contributed by atoms with van der Waals surface area (Å²) in [7, 11) is 3.73. The summed E-state index contributed by atoms with van der Waals surface area (Å²) < 4.78 is 0. The predicted molar refractivity (Wildman–Crippen MR) is 86.3 cm³/mol. The van der Waals surface area contributed by atoms with Crippen LogP contribution in [0.2, 0.25) is 0 Å². The van der Waals surface area contributed by atoms with Crippen molar-refractivity contribution in [2.24, 2.45) is 5.92 Å². The lowest BCUT2D eigenvalue weighted by Crippen LogP contribution is -2.42. The summed E-state index contributed by atoms with van der Waals surface area (Å²) in [5, 5.41) is 3.05. The van der Waals surface area contributed by atoms with Crippen LogP contribution in [0.15, 0.2) is 6.20 Å². The number of likely N-dealkylation sites (tertiary alicyclic amines) is 1. The molecule has 0 radical (unpaired) electrons. The first-order chi connectivity index (χ1) is 11.0. The number of rotatable bonds is 2. The molecule has 3 rings (SSSR count). The van der Waals surface area contributed by atoms with E-state index in [4.69, 9.17) is 0 Å².